The van der Waals surface area contributed by atoms with Gasteiger partial charge in [0.15, 0.2) is 0 Å². The van der Waals surface area contributed by atoms with Gasteiger partial charge in [-0.25, -0.2) is 0 Å². The van der Waals surface area contributed by atoms with Gasteiger partial charge in [0.2, 0.25) is 5.91 Å². The normalized spacial score (nSPS) is 15.8. The van der Waals surface area contributed by atoms with Crippen LogP contribution in [0.2, 0.25) is 4.34 Å². The molecule has 1 saturated heterocycles. The highest BCUT2D eigenvalue weighted by molar-refractivity contribution is 7.16. The van der Waals surface area contributed by atoms with Crippen molar-refractivity contribution in [2.45, 2.75) is 32.1 Å². The van der Waals surface area contributed by atoms with Gasteiger partial charge in [-0.15, -0.1) is 23.7 Å². The van der Waals surface area contributed by atoms with Gasteiger partial charge in [0.05, 0.1) is 4.34 Å². The summed E-state index contributed by atoms with van der Waals surface area (Å²) in [5, 5.41) is 3.20. The highest BCUT2D eigenvalue weighted by Crippen LogP contribution is 2.24. The maximum atomic E-state index is 12.2. The highest BCUT2D eigenvalue weighted by atomic mass is 35.5. The van der Waals surface area contributed by atoms with Crippen molar-refractivity contribution < 1.29 is 4.79 Å². The van der Waals surface area contributed by atoms with Crippen LogP contribution in [0.25, 0.3) is 0 Å². The van der Waals surface area contributed by atoms with E-state index in [0.717, 1.165) is 49.2 Å². The van der Waals surface area contributed by atoms with Crippen molar-refractivity contribution in [2.75, 3.05) is 26.7 Å². The van der Waals surface area contributed by atoms with Crippen LogP contribution in [0.5, 0.6) is 0 Å². The predicted molar refractivity (Wildman–Crippen MR) is 92.7 cm³/mol. The second-order valence-corrected chi connectivity index (χ2v) is 7.22. The smallest absolute Gasteiger partial charge is 0.222 e. The summed E-state index contributed by atoms with van der Waals surface area (Å²) in [4.78, 5) is 15.4. The molecule has 1 aromatic heterocycles. The average molecular weight is 351 g/mol. The monoisotopic (exact) mass is 350 g/mol. The van der Waals surface area contributed by atoms with E-state index in [0.29, 0.717) is 12.3 Å². The molecule has 0 radical (unpaired) electrons. The summed E-state index contributed by atoms with van der Waals surface area (Å²) in [6.07, 6.45) is 4.96. The Kier molecular flexibility index (Phi) is 8.64. The molecule has 0 unspecified atom stereocenters. The van der Waals surface area contributed by atoms with Gasteiger partial charge >= 0.3 is 0 Å². The van der Waals surface area contributed by atoms with Gasteiger partial charge < -0.3 is 10.2 Å². The van der Waals surface area contributed by atoms with E-state index in [9.17, 15) is 4.79 Å². The fraction of sp³-hybridized carbons (Fsp3) is 0.667. The molecule has 21 heavy (non-hydrogen) atoms. The van der Waals surface area contributed by atoms with E-state index in [1.165, 1.54) is 11.3 Å². The quantitative estimate of drug-likeness (QED) is 0.849. The number of halogens is 2. The average Bonchev–Trinajstić information content (AvgIpc) is 2.89. The van der Waals surface area contributed by atoms with Crippen LogP contribution >= 0.6 is 35.3 Å². The van der Waals surface area contributed by atoms with Gasteiger partial charge in [0.1, 0.15) is 0 Å². The molecule has 1 aliphatic heterocycles. The van der Waals surface area contributed by atoms with Crippen LogP contribution in [0.15, 0.2) is 12.1 Å². The minimum Gasteiger partial charge on any atom is -0.343 e. The molecule has 0 aromatic carbocycles. The lowest BCUT2D eigenvalue weighted by atomic mass is 9.93. The van der Waals surface area contributed by atoms with Gasteiger partial charge in [-0.3, -0.25) is 4.79 Å². The van der Waals surface area contributed by atoms with Crippen molar-refractivity contribution >= 4 is 41.3 Å². The van der Waals surface area contributed by atoms with Crippen molar-refractivity contribution in [2.24, 2.45) is 5.92 Å². The first-order valence-electron chi connectivity index (χ1n) is 7.35. The summed E-state index contributed by atoms with van der Waals surface area (Å²) in [6, 6.07) is 3.92. The number of nitrogens with zero attached hydrogens (tertiary/aromatic N) is 1. The van der Waals surface area contributed by atoms with Gasteiger partial charge in [-0.1, -0.05) is 11.6 Å². The lowest BCUT2D eigenvalue weighted by Crippen LogP contribution is -2.39. The molecule has 1 N–H and O–H groups in total. The Morgan fingerprint density at radius 1 is 1.43 bits per heavy atom. The Morgan fingerprint density at radius 2 is 2.14 bits per heavy atom. The van der Waals surface area contributed by atoms with E-state index in [2.05, 4.69) is 5.32 Å². The lowest BCUT2D eigenvalue weighted by molar-refractivity contribution is -0.132. The number of hydrogen-bond acceptors (Lipinski definition) is 3. The lowest BCUT2D eigenvalue weighted by Gasteiger charge is -2.32. The van der Waals surface area contributed by atoms with E-state index >= 15 is 0 Å². The Hall–Kier alpha value is -0.290. The zero-order valence-corrected chi connectivity index (χ0v) is 14.8. The number of hydrogen-bond donors (Lipinski definition) is 1. The number of thiophene rings is 1. The number of aryl methyl sites for hydroxylation is 1. The Labute approximate surface area is 142 Å². The van der Waals surface area contributed by atoms with Crippen molar-refractivity contribution in [1.82, 2.24) is 10.2 Å². The third-order valence-corrected chi connectivity index (χ3v) is 5.27. The van der Waals surface area contributed by atoms with Crippen LogP contribution < -0.4 is 5.32 Å². The molecule has 2 rings (SSSR count). The first-order valence-corrected chi connectivity index (χ1v) is 8.55. The molecule has 1 amide bonds. The number of rotatable bonds is 6. The number of carbonyl (C=O) groups excluding carboxylic acids is 1. The zero-order chi connectivity index (χ0) is 14.4. The van der Waals surface area contributed by atoms with Crippen LogP contribution in [0, 0.1) is 5.92 Å². The first kappa shape index (κ1) is 18.8. The van der Waals surface area contributed by atoms with Crippen LogP contribution in [0.1, 0.15) is 30.6 Å². The number of carbonyl (C=O) groups is 1. The van der Waals surface area contributed by atoms with E-state index in [1.807, 2.05) is 24.1 Å². The second-order valence-electron chi connectivity index (χ2n) is 5.42. The van der Waals surface area contributed by atoms with Crippen molar-refractivity contribution in [3.8, 4) is 0 Å². The number of likely N-dealkylation sites (tertiary alicyclic amines) is 1. The van der Waals surface area contributed by atoms with Gasteiger partial charge in [0.25, 0.3) is 0 Å². The molecule has 1 aliphatic rings. The summed E-state index contributed by atoms with van der Waals surface area (Å²) in [7, 11) is 2.00. The molecular weight excluding hydrogens is 327 g/mol. The van der Waals surface area contributed by atoms with Crippen LogP contribution in [-0.2, 0) is 11.2 Å². The molecule has 0 aliphatic carbocycles. The molecule has 0 spiro atoms. The van der Waals surface area contributed by atoms with E-state index < -0.39 is 0 Å². The number of amides is 1. The highest BCUT2D eigenvalue weighted by Gasteiger charge is 2.22. The predicted octanol–water partition coefficient (Wildman–Crippen LogP) is 3.60. The summed E-state index contributed by atoms with van der Waals surface area (Å²) < 4.78 is 0.804. The minimum absolute atomic E-state index is 0. The van der Waals surface area contributed by atoms with Gasteiger partial charge in [-0.05, 0) is 57.3 Å². The molecular formula is C15H24Cl2N2OS. The molecule has 1 fully saturated rings. The fourth-order valence-electron chi connectivity index (χ4n) is 2.69. The third-order valence-electron chi connectivity index (χ3n) is 3.98. The maximum Gasteiger partial charge on any atom is 0.222 e. The molecule has 1 aromatic rings. The maximum absolute atomic E-state index is 12.2. The largest absolute Gasteiger partial charge is 0.343 e. The zero-order valence-electron chi connectivity index (χ0n) is 12.4. The van der Waals surface area contributed by atoms with E-state index in [4.69, 9.17) is 11.6 Å². The molecule has 120 valence electrons. The Bertz CT molecular complexity index is 431. The molecule has 0 saturated carbocycles. The molecule has 0 atom stereocenters. The number of piperidine rings is 1. The van der Waals surface area contributed by atoms with Crippen molar-refractivity contribution in [1.29, 1.82) is 0 Å². The molecule has 2 heterocycles. The third kappa shape index (κ3) is 6.15. The summed E-state index contributed by atoms with van der Waals surface area (Å²) in [5.74, 6) is 1.07. The van der Waals surface area contributed by atoms with Crippen molar-refractivity contribution in [3.05, 3.63) is 21.3 Å². The van der Waals surface area contributed by atoms with E-state index in [1.54, 1.807) is 11.3 Å². The fourth-order valence-corrected chi connectivity index (χ4v) is 3.78. The van der Waals surface area contributed by atoms with Crippen LogP contribution in [-0.4, -0.2) is 37.5 Å². The Balaban J connectivity index is 0.00000220. The first-order chi connectivity index (χ1) is 9.69. The second kappa shape index (κ2) is 9.67. The summed E-state index contributed by atoms with van der Waals surface area (Å²) >= 11 is 7.47. The topological polar surface area (TPSA) is 32.3 Å². The van der Waals surface area contributed by atoms with E-state index in [-0.39, 0.29) is 12.4 Å². The standard InChI is InChI=1S/C15H23ClN2OS.ClH/c1-17-9-6-12-7-10-18(11-8-12)15(19)5-3-13-2-4-14(16)20-13;/h2,4,12,17H,3,5-11H2,1H3;1H. The summed E-state index contributed by atoms with van der Waals surface area (Å²) in [5.41, 5.74) is 0. The molecule has 6 heteroatoms. The molecule has 0 bridgehead atoms. The summed E-state index contributed by atoms with van der Waals surface area (Å²) in [6.45, 7) is 2.94. The van der Waals surface area contributed by atoms with Gasteiger partial charge in [0, 0.05) is 24.4 Å². The van der Waals surface area contributed by atoms with Crippen LogP contribution in [0.4, 0.5) is 0 Å². The minimum atomic E-state index is 0. The SMILES string of the molecule is CNCCC1CCN(C(=O)CCc2ccc(Cl)s2)CC1.Cl. The van der Waals surface area contributed by atoms with Gasteiger partial charge in [-0.2, -0.15) is 0 Å². The Morgan fingerprint density at radius 3 is 2.71 bits per heavy atom. The van der Waals surface area contributed by atoms with Crippen molar-refractivity contribution in [3.63, 3.8) is 0 Å². The molecule has 3 nitrogen and oxygen atoms in total. The van der Waals surface area contributed by atoms with Crippen LogP contribution in [0.3, 0.4) is 0 Å². The number of nitrogens with one attached hydrogen (secondary N) is 1.